The molecular weight excluding hydrogens is 306 g/mol. The van der Waals surface area contributed by atoms with Gasteiger partial charge in [0.05, 0.1) is 24.8 Å². The second kappa shape index (κ2) is 6.70. The summed E-state index contributed by atoms with van der Waals surface area (Å²) in [7, 11) is 0. The average molecular weight is 335 g/mol. The van der Waals surface area contributed by atoms with Crippen molar-refractivity contribution in [3.63, 3.8) is 0 Å². The largest absolute Gasteiger partial charge is 0.372 e. The lowest BCUT2D eigenvalue weighted by Gasteiger charge is -2.40. The number of hydrogen-bond donors (Lipinski definition) is 1. The van der Waals surface area contributed by atoms with E-state index in [1.807, 2.05) is 9.58 Å². The molecule has 2 amide bonds. The molecule has 2 atom stereocenters. The lowest BCUT2D eigenvalue weighted by atomic mass is 10.0. The first-order chi connectivity index (χ1) is 11.4. The zero-order chi connectivity index (χ0) is 17.3. The lowest BCUT2D eigenvalue weighted by Crippen LogP contribution is -2.55. The topological polar surface area (TPSA) is 72.3 Å². The van der Waals surface area contributed by atoms with Crippen molar-refractivity contribution in [3.05, 3.63) is 11.6 Å². The Morgan fingerprint density at radius 2 is 2.25 bits per heavy atom. The third-order valence-corrected chi connectivity index (χ3v) is 5.08. The van der Waals surface area contributed by atoms with E-state index in [1.54, 1.807) is 0 Å². The summed E-state index contributed by atoms with van der Waals surface area (Å²) >= 11 is 0. The molecule has 0 saturated carbocycles. The summed E-state index contributed by atoms with van der Waals surface area (Å²) in [5, 5.41) is 7.74. The van der Waals surface area contributed by atoms with Crippen LogP contribution in [0.15, 0.2) is 0 Å². The Bertz CT molecular complexity index is 600. The van der Waals surface area contributed by atoms with Crippen molar-refractivity contribution in [2.75, 3.05) is 19.7 Å². The number of amides is 2. The Hall–Kier alpha value is -1.63. The molecule has 1 N–H and O–H groups in total. The lowest BCUT2D eigenvalue weighted by molar-refractivity contribution is -0.0875. The normalized spacial score (nSPS) is 27.2. The van der Waals surface area contributed by atoms with E-state index in [0.29, 0.717) is 25.6 Å². The standard InChI is InChI=1S/C17H29N5O2/c1-5-17(4)11-21(9-10-24-17)16(23)18-13-7-6-8-22-15(13)19-14(20-22)12(2)3/h12-13H,5-11H2,1-4H3,(H,18,23)/t13-,17+/m0/s1. The van der Waals surface area contributed by atoms with Crippen LogP contribution in [0.5, 0.6) is 0 Å². The predicted octanol–water partition coefficient (Wildman–Crippen LogP) is 2.45. The van der Waals surface area contributed by atoms with Crippen LogP contribution in [0.25, 0.3) is 0 Å². The van der Waals surface area contributed by atoms with Gasteiger partial charge in [0.2, 0.25) is 0 Å². The number of aromatic nitrogens is 3. The van der Waals surface area contributed by atoms with Gasteiger partial charge in [0, 0.05) is 19.0 Å². The molecule has 0 aliphatic carbocycles. The summed E-state index contributed by atoms with van der Waals surface area (Å²) in [6.07, 6.45) is 2.82. The molecule has 0 bridgehead atoms. The molecule has 0 aromatic carbocycles. The van der Waals surface area contributed by atoms with Crippen molar-refractivity contribution in [3.8, 4) is 0 Å². The highest BCUT2D eigenvalue weighted by Crippen LogP contribution is 2.26. The minimum Gasteiger partial charge on any atom is -0.372 e. The molecule has 134 valence electrons. The van der Waals surface area contributed by atoms with Gasteiger partial charge in [-0.1, -0.05) is 20.8 Å². The molecule has 1 fully saturated rings. The quantitative estimate of drug-likeness (QED) is 0.921. The van der Waals surface area contributed by atoms with E-state index in [0.717, 1.165) is 37.5 Å². The van der Waals surface area contributed by atoms with Gasteiger partial charge in [-0.25, -0.2) is 14.5 Å². The fraction of sp³-hybridized carbons (Fsp3) is 0.824. The smallest absolute Gasteiger partial charge is 0.318 e. The zero-order valence-corrected chi connectivity index (χ0v) is 15.2. The van der Waals surface area contributed by atoms with Crippen LogP contribution < -0.4 is 5.32 Å². The van der Waals surface area contributed by atoms with Crippen molar-refractivity contribution in [1.29, 1.82) is 0 Å². The first-order valence-electron chi connectivity index (χ1n) is 9.06. The van der Waals surface area contributed by atoms with Gasteiger partial charge in [-0.3, -0.25) is 0 Å². The average Bonchev–Trinajstić information content (AvgIpc) is 3.00. The van der Waals surface area contributed by atoms with Gasteiger partial charge in [-0.15, -0.1) is 0 Å². The number of carbonyl (C=O) groups is 1. The Kier molecular flexibility index (Phi) is 4.80. The van der Waals surface area contributed by atoms with Crippen molar-refractivity contribution in [1.82, 2.24) is 25.0 Å². The van der Waals surface area contributed by atoms with E-state index in [2.05, 4.69) is 43.1 Å². The molecule has 2 aliphatic rings. The molecule has 1 aromatic heterocycles. The molecular formula is C17H29N5O2. The Labute approximate surface area is 143 Å². The number of carbonyl (C=O) groups excluding carboxylic acids is 1. The first kappa shape index (κ1) is 17.2. The molecule has 3 rings (SSSR count). The number of fused-ring (bicyclic) bond motifs is 1. The number of urea groups is 1. The van der Waals surface area contributed by atoms with Gasteiger partial charge in [0.1, 0.15) is 5.82 Å². The minimum atomic E-state index is -0.243. The van der Waals surface area contributed by atoms with Crippen molar-refractivity contribution in [2.45, 2.75) is 71.1 Å². The first-order valence-corrected chi connectivity index (χ1v) is 9.06. The summed E-state index contributed by atoms with van der Waals surface area (Å²) < 4.78 is 7.78. The molecule has 7 nitrogen and oxygen atoms in total. The number of ether oxygens (including phenoxy) is 1. The predicted molar refractivity (Wildman–Crippen MR) is 90.8 cm³/mol. The highest BCUT2D eigenvalue weighted by molar-refractivity contribution is 5.74. The van der Waals surface area contributed by atoms with E-state index in [-0.39, 0.29) is 17.7 Å². The number of rotatable bonds is 3. The summed E-state index contributed by atoms with van der Waals surface area (Å²) in [6, 6.07) is -0.0764. The van der Waals surface area contributed by atoms with Crippen LogP contribution in [-0.2, 0) is 11.3 Å². The van der Waals surface area contributed by atoms with Crippen LogP contribution in [0.2, 0.25) is 0 Å². The highest BCUT2D eigenvalue weighted by Gasteiger charge is 2.34. The van der Waals surface area contributed by atoms with Crippen LogP contribution in [0.4, 0.5) is 4.79 Å². The fourth-order valence-corrected chi connectivity index (χ4v) is 3.31. The fourth-order valence-electron chi connectivity index (χ4n) is 3.31. The van der Waals surface area contributed by atoms with Gasteiger partial charge in [-0.05, 0) is 26.2 Å². The van der Waals surface area contributed by atoms with E-state index in [9.17, 15) is 4.79 Å². The molecule has 7 heteroatoms. The van der Waals surface area contributed by atoms with Crippen LogP contribution in [0.3, 0.4) is 0 Å². The minimum absolute atomic E-state index is 0.0227. The monoisotopic (exact) mass is 335 g/mol. The van der Waals surface area contributed by atoms with E-state index < -0.39 is 0 Å². The summed E-state index contributed by atoms with van der Waals surface area (Å²) in [5.41, 5.74) is -0.243. The molecule has 1 aromatic rings. The number of morpholine rings is 1. The Morgan fingerprint density at radius 3 is 2.96 bits per heavy atom. The van der Waals surface area contributed by atoms with Crippen molar-refractivity contribution in [2.24, 2.45) is 0 Å². The summed E-state index contributed by atoms with van der Waals surface area (Å²) in [5.74, 6) is 2.05. The molecule has 3 heterocycles. The van der Waals surface area contributed by atoms with Crippen LogP contribution in [0.1, 0.15) is 70.6 Å². The third-order valence-electron chi connectivity index (χ3n) is 5.08. The second-order valence-electron chi connectivity index (χ2n) is 7.42. The number of aryl methyl sites for hydroxylation is 1. The van der Waals surface area contributed by atoms with E-state index >= 15 is 0 Å². The van der Waals surface area contributed by atoms with Gasteiger partial charge >= 0.3 is 6.03 Å². The maximum absolute atomic E-state index is 12.7. The number of nitrogens with zero attached hydrogens (tertiary/aromatic N) is 4. The second-order valence-corrected chi connectivity index (χ2v) is 7.42. The van der Waals surface area contributed by atoms with Crippen LogP contribution >= 0.6 is 0 Å². The molecule has 1 saturated heterocycles. The molecule has 0 radical (unpaired) electrons. The SMILES string of the molecule is CC[C@]1(C)CN(C(=O)N[C@H]2CCCn3nc(C(C)C)nc32)CCO1. The van der Waals surface area contributed by atoms with Crippen molar-refractivity contribution >= 4 is 6.03 Å². The van der Waals surface area contributed by atoms with Crippen LogP contribution in [-0.4, -0.2) is 51.0 Å². The van der Waals surface area contributed by atoms with E-state index in [4.69, 9.17) is 4.74 Å². The Balaban J connectivity index is 1.69. The summed E-state index contributed by atoms with van der Waals surface area (Å²) in [4.78, 5) is 19.3. The zero-order valence-electron chi connectivity index (χ0n) is 15.2. The molecule has 0 unspecified atom stereocenters. The Morgan fingerprint density at radius 1 is 1.46 bits per heavy atom. The maximum Gasteiger partial charge on any atom is 0.318 e. The summed E-state index contributed by atoms with van der Waals surface area (Å²) in [6.45, 7) is 11.1. The third kappa shape index (κ3) is 3.41. The molecule has 2 aliphatic heterocycles. The number of nitrogens with one attached hydrogen (secondary N) is 1. The van der Waals surface area contributed by atoms with Crippen LogP contribution in [0, 0.1) is 0 Å². The van der Waals surface area contributed by atoms with Gasteiger partial charge in [-0.2, -0.15) is 5.10 Å². The number of hydrogen-bond acceptors (Lipinski definition) is 4. The van der Waals surface area contributed by atoms with Gasteiger partial charge in [0.15, 0.2) is 5.82 Å². The maximum atomic E-state index is 12.7. The van der Waals surface area contributed by atoms with E-state index in [1.165, 1.54) is 0 Å². The van der Waals surface area contributed by atoms with Gasteiger partial charge in [0.25, 0.3) is 0 Å². The highest BCUT2D eigenvalue weighted by atomic mass is 16.5. The molecule has 0 spiro atoms. The molecule has 24 heavy (non-hydrogen) atoms. The van der Waals surface area contributed by atoms with Gasteiger partial charge < -0.3 is 15.0 Å². The van der Waals surface area contributed by atoms with Crippen molar-refractivity contribution < 1.29 is 9.53 Å².